The molecule has 0 spiro atoms. The summed E-state index contributed by atoms with van der Waals surface area (Å²) in [5, 5.41) is 0. The van der Waals surface area contributed by atoms with Gasteiger partial charge in [0.25, 0.3) is 0 Å². The lowest BCUT2D eigenvalue weighted by atomic mass is 10.00. The van der Waals surface area contributed by atoms with E-state index >= 15 is 0 Å². The summed E-state index contributed by atoms with van der Waals surface area (Å²) in [4.78, 5) is 0. The first kappa shape index (κ1) is 31.5. The van der Waals surface area contributed by atoms with E-state index in [1.54, 1.807) is 0 Å². The minimum atomic E-state index is -4.90. The lowest BCUT2D eigenvalue weighted by Gasteiger charge is -2.21. The molecule has 4 aromatic carbocycles. The quantitative estimate of drug-likeness (QED) is 0.143. The highest BCUT2D eigenvalue weighted by Crippen LogP contribution is 2.38. The van der Waals surface area contributed by atoms with E-state index in [0.29, 0.717) is 24.3 Å². The van der Waals surface area contributed by atoms with Gasteiger partial charge in [0, 0.05) is 29.8 Å². The van der Waals surface area contributed by atoms with Gasteiger partial charge in [-0.15, -0.1) is 0 Å². The molecule has 15 heteroatoms. The predicted octanol–water partition coefficient (Wildman–Crippen LogP) is 9.09. The first-order chi connectivity index (χ1) is 19.9. The van der Waals surface area contributed by atoms with E-state index in [9.17, 15) is 57.1 Å². The second-order valence-electron chi connectivity index (χ2n) is 9.00. The minimum absolute atomic E-state index is 0.00479. The second kappa shape index (κ2) is 11.3. The number of rotatable bonds is 8. The molecule has 0 aliphatic carbocycles. The van der Waals surface area contributed by atoms with Crippen LogP contribution in [0.3, 0.4) is 0 Å². The highest BCUT2D eigenvalue weighted by molar-refractivity contribution is 5.37. The number of halogens is 13. The Morgan fingerprint density at radius 2 is 0.767 bits per heavy atom. The van der Waals surface area contributed by atoms with Crippen molar-refractivity contribution in [2.45, 2.75) is 25.6 Å². The molecule has 0 heterocycles. The Morgan fingerprint density at radius 3 is 1.09 bits per heavy atom. The highest BCUT2D eigenvalue weighted by Gasteiger charge is 2.43. The molecule has 0 unspecified atom stereocenters. The standard InChI is InChI=1S/C28H13F13O2/c1-11-16(29)7-14(8-17(11)30)42-27(38,39)24-18(31)3-12(4-19(24)32)2-13-5-20(33)25(21(34)6-13)28(40,41)43-15-9-22(35)26(37)23(36)10-15/h3-10H,2H2,1H3. The Hall–Kier alpha value is -4.43. The Balaban J connectivity index is 1.59. The molecular formula is C28H13F13O2. The topological polar surface area (TPSA) is 18.5 Å². The van der Waals surface area contributed by atoms with Crippen molar-refractivity contribution in [3.05, 3.63) is 129 Å². The molecule has 228 valence electrons. The van der Waals surface area contributed by atoms with Crippen molar-refractivity contribution in [3.8, 4) is 11.5 Å². The fraction of sp³-hybridized carbons (Fsp3) is 0.143. The first-order valence-electron chi connectivity index (χ1n) is 11.6. The van der Waals surface area contributed by atoms with Crippen LogP contribution in [0.25, 0.3) is 0 Å². The van der Waals surface area contributed by atoms with Gasteiger partial charge in [-0.25, -0.2) is 39.5 Å². The molecule has 2 nitrogen and oxygen atoms in total. The van der Waals surface area contributed by atoms with Gasteiger partial charge >= 0.3 is 12.2 Å². The molecule has 0 radical (unpaired) electrons. The van der Waals surface area contributed by atoms with E-state index in [-0.39, 0.29) is 24.3 Å². The summed E-state index contributed by atoms with van der Waals surface area (Å²) in [5.74, 6) is -18.7. The van der Waals surface area contributed by atoms with Crippen LogP contribution in [0.2, 0.25) is 0 Å². The first-order valence-corrected chi connectivity index (χ1v) is 11.6. The summed E-state index contributed by atoms with van der Waals surface area (Å²) in [6.45, 7) is 0.994. The van der Waals surface area contributed by atoms with Gasteiger partial charge in [0.15, 0.2) is 17.5 Å². The van der Waals surface area contributed by atoms with Crippen LogP contribution >= 0.6 is 0 Å². The molecule has 4 aromatic rings. The van der Waals surface area contributed by atoms with Crippen LogP contribution in [-0.2, 0) is 18.6 Å². The summed E-state index contributed by atoms with van der Waals surface area (Å²) in [5.41, 5.74) is -5.61. The maximum Gasteiger partial charge on any atom is 0.432 e. The van der Waals surface area contributed by atoms with Gasteiger partial charge in [-0.1, -0.05) is 0 Å². The summed E-state index contributed by atoms with van der Waals surface area (Å²) in [7, 11) is 0. The molecule has 0 saturated heterocycles. The Morgan fingerprint density at radius 1 is 0.465 bits per heavy atom. The van der Waals surface area contributed by atoms with Gasteiger partial charge in [0.05, 0.1) is 0 Å². The molecular weight excluding hydrogens is 615 g/mol. The van der Waals surface area contributed by atoms with Crippen LogP contribution in [0.4, 0.5) is 57.1 Å². The largest absolute Gasteiger partial charge is 0.432 e. The number of alkyl halides is 4. The van der Waals surface area contributed by atoms with Gasteiger partial charge in [-0.05, 0) is 48.7 Å². The fourth-order valence-electron chi connectivity index (χ4n) is 3.92. The third kappa shape index (κ3) is 6.49. The lowest BCUT2D eigenvalue weighted by Crippen LogP contribution is -2.26. The molecule has 4 rings (SSSR count). The van der Waals surface area contributed by atoms with Crippen LogP contribution < -0.4 is 9.47 Å². The number of ether oxygens (including phenoxy) is 2. The highest BCUT2D eigenvalue weighted by atomic mass is 19.3. The van der Waals surface area contributed by atoms with E-state index in [2.05, 4.69) is 9.47 Å². The summed E-state index contributed by atoms with van der Waals surface area (Å²) in [6.07, 6.45) is -10.5. The normalized spacial score (nSPS) is 12.0. The van der Waals surface area contributed by atoms with Crippen molar-refractivity contribution in [1.82, 2.24) is 0 Å². The average Bonchev–Trinajstić information content (AvgIpc) is 2.84. The zero-order valence-electron chi connectivity index (χ0n) is 21.1. The van der Waals surface area contributed by atoms with E-state index in [0.717, 1.165) is 6.92 Å². The van der Waals surface area contributed by atoms with Crippen molar-refractivity contribution in [2.24, 2.45) is 0 Å². The SMILES string of the molecule is Cc1c(F)cc(OC(F)(F)c2c(F)cc(Cc3cc(F)c(C(F)(F)Oc4cc(F)c(F)c(F)c4)c(F)c3)cc2F)cc1F. The predicted molar refractivity (Wildman–Crippen MR) is 122 cm³/mol. The van der Waals surface area contributed by atoms with Crippen LogP contribution in [0, 0.1) is 59.3 Å². The van der Waals surface area contributed by atoms with E-state index in [1.165, 1.54) is 0 Å². The van der Waals surface area contributed by atoms with E-state index in [1.807, 2.05) is 0 Å². The molecule has 0 amide bonds. The van der Waals surface area contributed by atoms with Crippen molar-refractivity contribution in [2.75, 3.05) is 0 Å². The minimum Gasteiger partial charge on any atom is -0.429 e. The zero-order valence-corrected chi connectivity index (χ0v) is 21.1. The van der Waals surface area contributed by atoms with Crippen molar-refractivity contribution in [3.63, 3.8) is 0 Å². The summed E-state index contributed by atoms with van der Waals surface area (Å²) in [6, 6.07) is 1.88. The van der Waals surface area contributed by atoms with Gasteiger partial charge < -0.3 is 9.47 Å². The van der Waals surface area contributed by atoms with Crippen molar-refractivity contribution in [1.29, 1.82) is 0 Å². The van der Waals surface area contributed by atoms with Crippen LogP contribution in [0.5, 0.6) is 11.5 Å². The maximum atomic E-state index is 14.6. The number of hydrogen-bond acceptors (Lipinski definition) is 2. The number of benzene rings is 4. The van der Waals surface area contributed by atoms with Crippen LogP contribution in [0.15, 0.2) is 48.5 Å². The molecule has 0 saturated carbocycles. The Bertz CT molecular complexity index is 1500. The Labute approximate surface area is 232 Å². The van der Waals surface area contributed by atoms with Crippen LogP contribution in [-0.4, -0.2) is 0 Å². The summed E-state index contributed by atoms with van der Waals surface area (Å²) < 4.78 is 192. The van der Waals surface area contributed by atoms with Gasteiger partial charge in [0.2, 0.25) is 0 Å². The smallest absolute Gasteiger partial charge is 0.429 e. The summed E-state index contributed by atoms with van der Waals surface area (Å²) >= 11 is 0. The molecule has 0 N–H and O–H groups in total. The molecule has 43 heavy (non-hydrogen) atoms. The average molecular weight is 628 g/mol. The third-order valence-corrected chi connectivity index (χ3v) is 5.90. The maximum absolute atomic E-state index is 14.6. The third-order valence-electron chi connectivity index (χ3n) is 5.90. The number of hydrogen-bond donors (Lipinski definition) is 0. The molecule has 0 bridgehead atoms. The van der Waals surface area contributed by atoms with E-state index < -0.39 is 110 Å². The lowest BCUT2D eigenvalue weighted by molar-refractivity contribution is -0.190. The molecule has 0 atom stereocenters. The van der Waals surface area contributed by atoms with E-state index in [4.69, 9.17) is 0 Å². The fourth-order valence-corrected chi connectivity index (χ4v) is 3.92. The Kier molecular flexibility index (Phi) is 8.31. The zero-order chi connectivity index (χ0) is 32.0. The molecule has 0 aliphatic heterocycles. The van der Waals surface area contributed by atoms with Gasteiger partial charge in [-0.3, -0.25) is 0 Å². The molecule has 0 fully saturated rings. The van der Waals surface area contributed by atoms with Crippen LogP contribution in [0.1, 0.15) is 27.8 Å². The van der Waals surface area contributed by atoms with Gasteiger partial charge in [0.1, 0.15) is 57.5 Å². The van der Waals surface area contributed by atoms with Crippen molar-refractivity contribution < 1.29 is 66.5 Å². The molecule has 0 aliphatic rings. The van der Waals surface area contributed by atoms with Crippen molar-refractivity contribution >= 4 is 0 Å². The van der Waals surface area contributed by atoms with Gasteiger partial charge in [-0.2, -0.15) is 17.6 Å². The molecule has 0 aromatic heterocycles. The monoisotopic (exact) mass is 628 g/mol. The second-order valence-corrected chi connectivity index (χ2v) is 9.00.